The lowest BCUT2D eigenvalue weighted by Crippen LogP contribution is -2.63. The van der Waals surface area contributed by atoms with Crippen LogP contribution in [0.4, 0.5) is 0 Å². The van der Waals surface area contributed by atoms with Crippen LogP contribution in [0.5, 0.6) is 0 Å². The lowest BCUT2D eigenvalue weighted by molar-refractivity contribution is -0.167. The number of carbonyl (C=O) groups is 1. The SMILES string of the molecule is O=C1[C@H]2CC[C@H]([C@@H]3CC[C@@H]32)N1CC[C@@H](O)c1ccccc1. The predicted molar refractivity (Wildman–Crippen MR) is 80.5 cm³/mol. The van der Waals surface area contributed by atoms with Gasteiger partial charge in [0.2, 0.25) is 5.91 Å². The molecule has 0 unspecified atom stereocenters. The van der Waals surface area contributed by atoms with Gasteiger partial charge in [-0.15, -0.1) is 0 Å². The Morgan fingerprint density at radius 3 is 2.57 bits per heavy atom. The van der Waals surface area contributed by atoms with Gasteiger partial charge in [-0.1, -0.05) is 30.3 Å². The van der Waals surface area contributed by atoms with E-state index < -0.39 is 6.10 Å². The number of amides is 1. The molecule has 2 aliphatic heterocycles. The Labute approximate surface area is 126 Å². The Morgan fingerprint density at radius 1 is 1.10 bits per heavy atom. The van der Waals surface area contributed by atoms with Crippen LogP contribution in [0.15, 0.2) is 30.3 Å². The molecule has 3 heteroatoms. The summed E-state index contributed by atoms with van der Waals surface area (Å²) < 4.78 is 0. The number of piperidine rings is 2. The van der Waals surface area contributed by atoms with Gasteiger partial charge in [-0.05, 0) is 49.5 Å². The maximum atomic E-state index is 12.6. The van der Waals surface area contributed by atoms with Crippen molar-refractivity contribution >= 4 is 5.91 Å². The molecule has 1 aromatic carbocycles. The fourth-order valence-electron chi connectivity index (χ4n) is 4.76. The minimum atomic E-state index is -0.461. The van der Waals surface area contributed by atoms with E-state index in [2.05, 4.69) is 4.90 Å². The highest BCUT2D eigenvalue weighted by Gasteiger charge is 2.55. The van der Waals surface area contributed by atoms with E-state index in [4.69, 9.17) is 0 Å². The fourth-order valence-corrected chi connectivity index (χ4v) is 4.76. The van der Waals surface area contributed by atoms with Gasteiger partial charge in [0.05, 0.1) is 6.10 Å². The molecule has 5 atom stereocenters. The van der Waals surface area contributed by atoms with Gasteiger partial charge in [-0.25, -0.2) is 0 Å². The molecular weight excluding hydrogens is 262 g/mol. The minimum Gasteiger partial charge on any atom is -0.388 e. The van der Waals surface area contributed by atoms with Crippen LogP contribution in [-0.4, -0.2) is 28.5 Å². The van der Waals surface area contributed by atoms with Crippen LogP contribution in [0, 0.1) is 17.8 Å². The van der Waals surface area contributed by atoms with Crippen molar-refractivity contribution in [2.75, 3.05) is 6.54 Å². The number of carbonyl (C=O) groups excluding carboxylic acids is 1. The van der Waals surface area contributed by atoms with Crippen LogP contribution in [0.2, 0.25) is 0 Å². The minimum absolute atomic E-state index is 0.294. The summed E-state index contributed by atoms with van der Waals surface area (Å²) in [5.41, 5.74) is 0.952. The Morgan fingerprint density at radius 2 is 1.86 bits per heavy atom. The van der Waals surface area contributed by atoms with Gasteiger partial charge in [-0.2, -0.15) is 0 Å². The first kappa shape index (κ1) is 13.3. The van der Waals surface area contributed by atoms with Crippen LogP contribution in [0.25, 0.3) is 0 Å². The van der Waals surface area contributed by atoms with Crippen molar-refractivity contribution in [1.82, 2.24) is 4.90 Å². The number of benzene rings is 1. The number of hydrogen-bond donors (Lipinski definition) is 1. The van der Waals surface area contributed by atoms with Gasteiger partial charge in [0.15, 0.2) is 0 Å². The van der Waals surface area contributed by atoms with Crippen LogP contribution < -0.4 is 0 Å². The van der Waals surface area contributed by atoms with E-state index in [9.17, 15) is 9.90 Å². The van der Waals surface area contributed by atoms with Crippen LogP contribution in [0.3, 0.4) is 0 Å². The van der Waals surface area contributed by atoms with E-state index in [0.717, 1.165) is 17.9 Å². The number of aliphatic hydroxyl groups is 1. The van der Waals surface area contributed by atoms with Gasteiger partial charge in [0, 0.05) is 18.5 Å². The number of rotatable bonds is 4. The Balaban J connectivity index is 1.42. The largest absolute Gasteiger partial charge is 0.388 e. The monoisotopic (exact) mass is 285 g/mol. The van der Waals surface area contributed by atoms with Crippen molar-refractivity contribution in [3.63, 3.8) is 0 Å². The molecule has 0 radical (unpaired) electrons. The molecule has 1 amide bonds. The molecular formula is C18H23NO2. The molecule has 0 spiro atoms. The molecule has 4 aliphatic rings. The standard InChI is InChI=1S/C18H23NO2/c20-17(12-4-2-1-3-5-12)10-11-19-16-9-8-15(18(19)21)13-6-7-14(13)16/h1-5,13-17,20H,6-11H2/t13-,14+,15-,16+,17+/m0/s1. The molecule has 2 heterocycles. The first-order chi connectivity index (χ1) is 10.3. The van der Waals surface area contributed by atoms with E-state index in [1.165, 1.54) is 19.3 Å². The third-order valence-electron chi connectivity index (χ3n) is 6.00. The summed E-state index contributed by atoms with van der Waals surface area (Å²) in [5, 5.41) is 10.3. The summed E-state index contributed by atoms with van der Waals surface area (Å²) in [6.45, 7) is 0.708. The maximum absolute atomic E-state index is 12.6. The second kappa shape index (κ2) is 5.13. The Hall–Kier alpha value is -1.35. The van der Waals surface area contributed by atoms with Crippen molar-refractivity contribution in [2.45, 2.75) is 44.2 Å². The number of fused-ring (bicyclic) bond motifs is 2. The van der Waals surface area contributed by atoms with E-state index >= 15 is 0 Å². The molecule has 3 nitrogen and oxygen atoms in total. The smallest absolute Gasteiger partial charge is 0.226 e. The predicted octanol–water partition coefficient (Wildman–Crippen LogP) is 2.76. The molecule has 2 saturated carbocycles. The lowest BCUT2D eigenvalue weighted by Gasteiger charge is -2.59. The van der Waals surface area contributed by atoms with Crippen molar-refractivity contribution in [3.05, 3.63) is 35.9 Å². The number of aliphatic hydroxyl groups excluding tert-OH is 1. The summed E-state index contributed by atoms with van der Waals surface area (Å²) in [7, 11) is 0. The molecule has 1 N–H and O–H groups in total. The topological polar surface area (TPSA) is 40.5 Å². The third-order valence-corrected chi connectivity index (χ3v) is 6.00. The van der Waals surface area contributed by atoms with Crippen molar-refractivity contribution in [1.29, 1.82) is 0 Å². The zero-order valence-electron chi connectivity index (χ0n) is 12.3. The first-order valence-electron chi connectivity index (χ1n) is 8.29. The number of hydrogen-bond acceptors (Lipinski definition) is 2. The van der Waals surface area contributed by atoms with E-state index in [1.807, 2.05) is 30.3 Å². The average molecular weight is 285 g/mol. The normalized spacial score (nSPS) is 35.3. The summed E-state index contributed by atoms with van der Waals surface area (Å²) in [4.78, 5) is 14.7. The zero-order valence-corrected chi connectivity index (χ0v) is 12.3. The van der Waals surface area contributed by atoms with Crippen LogP contribution in [-0.2, 0) is 4.79 Å². The first-order valence-corrected chi connectivity index (χ1v) is 8.29. The summed E-state index contributed by atoms with van der Waals surface area (Å²) >= 11 is 0. The van der Waals surface area contributed by atoms with Gasteiger partial charge in [-0.3, -0.25) is 4.79 Å². The van der Waals surface area contributed by atoms with Crippen molar-refractivity contribution in [3.8, 4) is 0 Å². The molecule has 2 saturated heterocycles. The molecule has 0 aromatic heterocycles. The van der Waals surface area contributed by atoms with E-state index in [-0.39, 0.29) is 0 Å². The average Bonchev–Trinajstić information content (AvgIpc) is 2.48. The fraction of sp³-hybridized carbons (Fsp3) is 0.611. The zero-order chi connectivity index (χ0) is 14.4. The van der Waals surface area contributed by atoms with Gasteiger partial charge in [0.25, 0.3) is 0 Å². The van der Waals surface area contributed by atoms with E-state index in [1.54, 1.807) is 0 Å². The molecule has 1 aromatic rings. The number of nitrogens with zero attached hydrogens (tertiary/aromatic N) is 1. The summed E-state index contributed by atoms with van der Waals surface area (Å²) in [5.74, 6) is 2.11. The van der Waals surface area contributed by atoms with Crippen molar-refractivity contribution < 1.29 is 9.90 Å². The molecule has 4 fully saturated rings. The van der Waals surface area contributed by atoms with Gasteiger partial charge in [0.1, 0.15) is 0 Å². The third kappa shape index (κ3) is 2.10. The highest BCUT2D eigenvalue weighted by molar-refractivity contribution is 5.81. The summed E-state index contributed by atoms with van der Waals surface area (Å²) in [6, 6.07) is 10.2. The van der Waals surface area contributed by atoms with Crippen molar-refractivity contribution in [2.24, 2.45) is 17.8 Å². The highest BCUT2D eigenvalue weighted by Crippen LogP contribution is 2.54. The van der Waals surface area contributed by atoms with E-state index in [0.29, 0.717) is 36.8 Å². The lowest BCUT2D eigenvalue weighted by atomic mass is 9.55. The molecule has 5 rings (SSSR count). The van der Waals surface area contributed by atoms with Gasteiger partial charge < -0.3 is 10.0 Å². The highest BCUT2D eigenvalue weighted by atomic mass is 16.3. The molecule has 2 aliphatic carbocycles. The molecule has 2 bridgehead atoms. The molecule has 112 valence electrons. The Bertz CT molecular complexity index is 529. The van der Waals surface area contributed by atoms with Gasteiger partial charge >= 0.3 is 0 Å². The van der Waals surface area contributed by atoms with Crippen LogP contribution >= 0.6 is 0 Å². The van der Waals surface area contributed by atoms with Crippen LogP contribution in [0.1, 0.15) is 43.8 Å². The summed E-state index contributed by atoms with van der Waals surface area (Å²) in [6.07, 6.45) is 5.03. The second-order valence-corrected chi connectivity index (χ2v) is 6.90. The molecule has 21 heavy (non-hydrogen) atoms. The Kier molecular flexibility index (Phi) is 3.26. The quantitative estimate of drug-likeness (QED) is 0.924. The second-order valence-electron chi connectivity index (χ2n) is 6.90. The maximum Gasteiger partial charge on any atom is 0.226 e.